The number of carbonyl (C=O) groups is 1. The first-order chi connectivity index (χ1) is 15.6. The van der Waals surface area contributed by atoms with Crippen LogP contribution in [-0.4, -0.2) is 25.4 Å². The fourth-order valence-electron chi connectivity index (χ4n) is 4.11. The van der Waals surface area contributed by atoms with E-state index in [9.17, 15) is 4.79 Å². The highest BCUT2D eigenvalue weighted by molar-refractivity contribution is 6.17. The highest BCUT2D eigenvalue weighted by atomic mass is 35.5. The Morgan fingerprint density at radius 1 is 0.844 bits per heavy atom. The lowest BCUT2D eigenvalue weighted by Gasteiger charge is -2.16. The second-order valence-corrected chi connectivity index (χ2v) is 9.56. The van der Waals surface area contributed by atoms with Crippen LogP contribution in [0.3, 0.4) is 0 Å². The van der Waals surface area contributed by atoms with E-state index in [2.05, 4.69) is 19.1 Å². The van der Waals surface area contributed by atoms with E-state index in [-0.39, 0.29) is 0 Å². The van der Waals surface area contributed by atoms with Gasteiger partial charge in [-0.05, 0) is 49.8 Å². The van der Waals surface area contributed by atoms with Crippen LogP contribution < -0.4 is 9.47 Å². The number of rotatable bonds is 21. The second kappa shape index (κ2) is 19.3. The van der Waals surface area contributed by atoms with E-state index in [1.54, 1.807) is 14.0 Å². The van der Waals surface area contributed by atoms with Crippen LogP contribution >= 0.6 is 11.6 Å². The molecule has 1 unspecified atom stereocenters. The molecule has 0 spiro atoms. The van der Waals surface area contributed by atoms with Crippen molar-refractivity contribution < 1.29 is 14.3 Å². The highest BCUT2D eigenvalue weighted by Crippen LogP contribution is 2.32. The first-order valence-corrected chi connectivity index (χ1v) is 13.5. The molecule has 1 atom stereocenters. The van der Waals surface area contributed by atoms with Gasteiger partial charge in [-0.3, -0.25) is 0 Å². The van der Waals surface area contributed by atoms with Gasteiger partial charge in [0.05, 0.1) is 13.7 Å². The van der Waals surface area contributed by atoms with E-state index in [0.717, 1.165) is 30.8 Å². The molecule has 0 aliphatic carbocycles. The van der Waals surface area contributed by atoms with Gasteiger partial charge >= 0.3 is 0 Å². The minimum atomic E-state index is 0.331. The number of unbranched alkanes of at least 4 members (excludes halogenated alkanes) is 11. The summed E-state index contributed by atoms with van der Waals surface area (Å²) in [6.07, 6.45) is 18.6. The van der Waals surface area contributed by atoms with E-state index >= 15 is 0 Å². The molecule has 0 saturated carbocycles. The Labute approximate surface area is 202 Å². The van der Waals surface area contributed by atoms with Crippen molar-refractivity contribution in [1.82, 2.24) is 0 Å². The van der Waals surface area contributed by atoms with Crippen LogP contribution in [0.15, 0.2) is 18.2 Å². The topological polar surface area (TPSA) is 35.5 Å². The lowest BCUT2D eigenvalue weighted by molar-refractivity contribution is -0.117. The zero-order valence-corrected chi connectivity index (χ0v) is 21.7. The second-order valence-electron chi connectivity index (χ2n) is 9.19. The van der Waals surface area contributed by atoms with E-state index in [0.29, 0.717) is 24.2 Å². The number of methoxy groups -OCH3 is 1. The summed E-state index contributed by atoms with van der Waals surface area (Å²) in [5.41, 5.74) is 1.33. The molecule has 1 aromatic carbocycles. The van der Waals surface area contributed by atoms with Crippen LogP contribution in [0.1, 0.15) is 122 Å². The molecule has 0 radical (unpaired) electrons. The van der Waals surface area contributed by atoms with Crippen LogP contribution in [0.5, 0.6) is 11.5 Å². The third-order valence-electron chi connectivity index (χ3n) is 6.21. The number of alkyl halides is 1. The van der Waals surface area contributed by atoms with Crippen LogP contribution in [0.2, 0.25) is 0 Å². The maximum absolute atomic E-state index is 10.9. The number of halogens is 1. The maximum Gasteiger partial charge on any atom is 0.161 e. The van der Waals surface area contributed by atoms with Crippen LogP contribution in [0.25, 0.3) is 0 Å². The van der Waals surface area contributed by atoms with E-state index < -0.39 is 0 Å². The quantitative estimate of drug-likeness (QED) is 0.134. The molecule has 0 aliphatic heterocycles. The monoisotopic (exact) mass is 466 g/mol. The molecule has 0 fully saturated rings. The summed E-state index contributed by atoms with van der Waals surface area (Å²) < 4.78 is 11.3. The summed E-state index contributed by atoms with van der Waals surface area (Å²) in [5.74, 6) is 3.11. The largest absolute Gasteiger partial charge is 0.493 e. The number of benzene rings is 1. The molecular formula is C28H47ClO3. The molecule has 0 aliphatic rings. The van der Waals surface area contributed by atoms with Crippen LogP contribution in [0.4, 0.5) is 0 Å². The van der Waals surface area contributed by atoms with Crippen LogP contribution in [0, 0.1) is 0 Å². The van der Waals surface area contributed by atoms with Crippen molar-refractivity contribution in [3.63, 3.8) is 0 Å². The standard InChI is InChI=1S/C28H47ClO3/c1-24(26-19-20-27(28(23-26)31-3)32-22-16-21-29)17-14-12-10-8-6-4-5-7-9-11-13-15-18-25(2)30/h19-20,23-24H,4-18,21-22H2,1-3H3. The molecule has 0 N–H and O–H groups in total. The van der Waals surface area contributed by atoms with Gasteiger partial charge in [-0.1, -0.05) is 83.6 Å². The number of hydrogen-bond acceptors (Lipinski definition) is 3. The lowest BCUT2D eigenvalue weighted by Crippen LogP contribution is -2.01. The average molecular weight is 467 g/mol. The van der Waals surface area contributed by atoms with Gasteiger partial charge in [0, 0.05) is 12.3 Å². The zero-order valence-electron chi connectivity index (χ0n) is 20.9. The normalized spacial score (nSPS) is 12.0. The smallest absolute Gasteiger partial charge is 0.161 e. The Balaban J connectivity index is 2.05. The lowest BCUT2D eigenvalue weighted by atomic mass is 9.94. The number of carbonyl (C=O) groups excluding carboxylic acids is 1. The van der Waals surface area contributed by atoms with E-state index in [1.807, 2.05) is 6.07 Å². The van der Waals surface area contributed by atoms with Crippen molar-refractivity contribution in [3.8, 4) is 11.5 Å². The van der Waals surface area contributed by atoms with Crippen LogP contribution in [-0.2, 0) is 4.79 Å². The van der Waals surface area contributed by atoms with Crippen molar-refractivity contribution in [2.24, 2.45) is 0 Å². The minimum Gasteiger partial charge on any atom is -0.493 e. The number of hydrogen-bond donors (Lipinski definition) is 0. The molecule has 0 aromatic heterocycles. The summed E-state index contributed by atoms with van der Waals surface area (Å²) in [5, 5.41) is 0. The molecule has 3 nitrogen and oxygen atoms in total. The Morgan fingerprint density at radius 2 is 1.41 bits per heavy atom. The Hall–Kier alpha value is -1.22. The van der Waals surface area contributed by atoms with Gasteiger partial charge in [0.2, 0.25) is 0 Å². The first kappa shape index (κ1) is 28.8. The maximum atomic E-state index is 10.9. The minimum absolute atomic E-state index is 0.331. The zero-order chi connectivity index (χ0) is 23.4. The molecule has 32 heavy (non-hydrogen) atoms. The van der Waals surface area contributed by atoms with Crippen molar-refractivity contribution in [2.75, 3.05) is 19.6 Å². The summed E-state index contributed by atoms with van der Waals surface area (Å²) in [6, 6.07) is 6.33. The molecule has 0 bridgehead atoms. The molecule has 4 heteroatoms. The van der Waals surface area contributed by atoms with Gasteiger partial charge in [0.1, 0.15) is 5.78 Å². The number of ether oxygens (including phenoxy) is 2. The average Bonchev–Trinajstić information content (AvgIpc) is 2.79. The molecule has 1 rings (SSSR count). The van der Waals surface area contributed by atoms with Gasteiger partial charge in [-0.15, -0.1) is 11.6 Å². The van der Waals surface area contributed by atoms with Gasteiger partial charge in [0.25, 0.3) is 0 Å². The van der Waals surface area contributed by atoms with Gasteiger partial charge in [0.15, 0.2) is 11.5 Å². The van der Waals surface area contributed by atoms with Crippen molar-refractivity contribution in [3.05, 3.63) is 23.8 Å². The SMILES string of the molecule is COc1cc(C(C)CCCCCCCCCCCCCCC(C)=O)ccc1OCCCCl. The molecular weight excluding hydrogens is 420 g/mol. The predicted octanol–water partition coefficient (Wildman–Crippen LogP) is 8.86. The Bertz CT molecular complexity index is 602. The summed E-state index contributed by atoms with van der Waals surface area (Å²) >= 11 is 5.72. The fourth-order valence-corrected chi connectivity index (χ4v) is 4.21. The molecule has 184 valence electrons. The van der Waals surface area contributed by atoms with Crippen molar-refractivity contribution in [1.29, 1.82) is 0 Å². The third-order valence-corrected chi connectivity index (χ3v) is 6.48. The molecule has 0 amide bonds. The van der Waals surface area contributed by atoms with Gasteiger partial charge in [-0.2, -0.15) is 0 Å². The third kappa shape index (κ3) is 14.0. The molecule has 1 aromatic rings. The highest BCUT2D eigenvalue weighted by Gasteiger charge is 2.11. The summed E-state index contributed by atoms with van der Waals surface area (Å²) in [7, 11) is 1.70. The molecule has 0 saturated heterocycles. The summed E-state index contributed by atoms with van der Waals surface area (Å²) in [6.45, 7) is 4.62. The Kier molecular flexibility index (Phi) is 17.3. The Morgan fingerprint density at radius 3 is 1.94 bits per heavy atom. The fraction of sp³-hybridized carbons (Fsp3) is 0.750. The number of ketones is 1. The van der Waals surface area contributed by atoms with Crippen molar-refractivity contribution in [2.45, 2.75) is 116 Å². The van der Waals surface area contributed by atoms with E-state index in [1.165, 1.54) is 82.6 Å². The van der Waals surface area contributed by atoms with Gasteiger partial charge in [-0.25, -0.2) is 0 Å². The van der Waals surface area contributed by atoms with E-state index in [4.69, 9.17) is 21.1 Å². The van der Waals surface area contributed by atoms with Gasteiger partial charge < -0.3 is 14.3 Å². The predicted molar refractivity (Wildman–Crippen MR) is 138 cm³/mol. The number of Topliss-reactive ketones (excluding diaryl/α,β-unsaturated/α-hetero) is 1. The van der Waals surface area contributed by atoms with Crippen molar-refractivity contribution >= 4 is 17.4 Å². The molecule has 0 heterocycles. The first-order valence-electron chi connectivity index (χ1n) is 12.9. The summed E-state index contributed by atoms with van der Waals surface area (Å²) in [4.78, 5) is 10.9.